The number of halogens is 1. The zero-order valence-corrected chi connectivity index (χ0v) is 12.1. The van der Waals surface area contributed by atoms with Gasteiger partial charge in [-0.15, -0.1) is 0 Å². The quantitative estimate of drug-likeness (QED) is 0.428. The van der Waals surface area contributed by atoms with Crippen molar-refractivity contribution < 1.29 is 0 Å². The van der Waals surface area contributed by atoms with Gasteiger partial charge in [0.1, 0.15) is 12.2 Å². The molecule has 1 N–H and O–H groups in total. The van der Waals surface area contributed by atoms with Gasteiger partial charge in [0.05, 0.1) is 6.54 Å². The van der Waals surface area contributed by atoms with Crippen molar-refractivity contribution >= 4 is 22.6 Å². The number of hydrogen-bond acceptors (Lipinski definition) is 3. The van der Waals surface area contributed by atoms with Crippen LogP contribution in [0, 0.1) is 0 Å². The van der Waals surface area contributed by atoms with E-state index in [0.717, 1.165) is 31.9 Å². The smallest absolute Gasteiger partial charge is 0.140 e. The molecule has 0 atom stereocenters. The molecule has 16 heavy (non-hydrogen) atoms. The summed E-state index contributed by atoms with van der Waals surface area (Å²) in [4.78, 5) is 4.26. The summed E-state index contributed by atoms with van der Waals surface area (Å²) in [5.41, 5.74) is 0. The molecule has 0 bridgehead atoms. The molecule has 4 nitrogen and oxygen atoms in total. The first kappa shape index (κ1) is 13.9. The molecule has 0 unspecified atom stereocenters. The number of alkyl halides is 1. The third-order valence-electron chi connectivity index (χ3n) is 2.40. The summed E-state index contributed by atoms with van der Waals surface area (Å²) in [5, 5.41) is 7.62. The average Bonchev–Trinajstić information content (AvgIpc) is 2.72. The molecule has 0 aliphatic heterocycles. The van der Waals surface area contributed by atoms with Crippen LogP contribution in [0.25, 0.3) is 0 Å². The lowest BCUT2D eigenvalue weighted by atomic mass is 10.2. The Morgan fingerprint density at radius 3 is 3.00 bits per heavy atom. The Balaban J connectivity index is 2.13. The number of aryl methyl sites for hydroxylation is 1. The van der Waals surface area contributed by atoms with E-state index in [0.29, 0.717) is 0 Å². The van der Waals surface area contributed by atoms with E-state index in [1.807, 2.05) is 4.68 Å². The molecule has 0 saturated heterocycles. The first-order valence-corrected chi connectivity index (χ1v) is 7.54. The van der Waals surface area contributed by atoms with Crippen molar-refractivity contribution in [3.8, 4) is 0 Å². The van der Waals surface area contributed by atoms with Crippen molar-refractivity contribution in [2.75, 3.05) is 11.0 Å². The fourth-order valence-electron chi connectivity index (χ4n) is 1.55. The lowest BCUT2D eigenvalue weighted by molar-refractivity contribution is 0.534. The van der Waals surface area contributed by atoms with Crippen LogP contribution in [0.5, 0.6) is 0 Å². The van der Waals surface area contributed by atoms with E-state index < -0.39 is 0 Å². The lowest BCUT2D eigenvalue weighted by Gasteiger charge is -2.05. The van der Waals surface area contributed by atoms with E-state index in [1.54, 1.807) is 6.33 Å². The number of rotatable bonds is 9. The molecule has 1 rings (SSSR count). The largest absolute Gasteiger partial charge is 0.310 e. The van der Waals surface area contributed by atoms with E-state index in [4.69, 9.17) is 0 Å². The van der Waals surface area contributed by atoms with Gasteiger partial charge in [0, 0.05) is 6.54 Å². The molecule has 92 valence electrons. The molecule has 0 saturated carbocycles. The maximum atomic E-state index is 4.26. The van der Waals surface area contributed by atoms with Gasteiger partial charge in [0.2, 0.25) is 0 Å². The van der Waals surface area contributed by atoms with Gasteiger partial charge in [-0.1, -0.05) is 35.9 Å². The molecule has 1 heterocycles. The Morgan fingerprint density at radius 1 is 1.38 bits per heavy atom. The lowest BCUT2D eigenvalue weighted by Crippen LogP contribution is -2.18. The summed E-state index contributed by atoms with van der Waals surface area (Å²) in [7, 11) is 0. The molecule has 1 aromatic rings. The molecule has 0 aromatic carbocycles. The number of nitrogens with one attached hydrogen (secondary N) is 1. The molecule has 1 aromatic heterocycles. The van der Waals surface area contributed by atoms with Crippen molar-refractivity contribution in [2.24, 2.45) is 0 Å². The molecular weight excluding hydrogens is 315 g/mol. The summed E-state index contributed by atoms with van der Waals surface area (Å²) in [5.74, 6) is 1.05. The Hall–Kier alpha value is -0.170. The Bertz CT molecular complexity index is 275. The highest BCUT2D eigenvalue weighted by molar-refractivity contribution is 14.1. The first-order chi connectivity index (χ1) is 7.88. The third kappa shape index (κ3) is 5.25. The van der Waals surface area contributed by atoms with Gasteiger partial charge < -0.3 is 5.32 Å². The maximum absolute atomic E-state index is 4.26. The fourth-order valence-corrected chi connectivity index (χ4v) is 2.08. The normalized spacial score (nSPS) is 10.9. The van der Waals surface area contributed by atoms with Gasteiger partial charge in [-0.3, -0.25) is 0 Å². The van der Waals surface area contributed by atoms with Gasteiger partial charge >= 0.3 is 0 Å². The van der Waals surface area contributed by atoms with Crippen LogP contribution in [0.15, 0.2) is 6.33 Å². The first-order valence-electron chi connectivity index (χ1n) is 6.01. The van der Waals surface area contributed by atoms with Gasteiger partial charge in [-0.05, 0) is 30.2 Å². The fraction of sp³-hybridized carbons (Fsp3) is 0.818. The number of aromatic nitrogens is 3. The molecule has 0 aliphatic rings. The van der Waals surface area contributed by atoms with Crippen molar-refractivity contribution in [3.63, 3.8) is 0 Å². The predicted molar refractivity (Wildman–Crippen MR) is 74.8 cm³/mol. The van der Waals surface area contributed by atoms with Crippen LogP contribution in [0.2, 0.25) is 0 Å². The second-order valence-corrected chi connectivity index (χ2v) is 4.90. The van der Waals surface area contributed by atoms with Crippen LogP contribution in [0.3, 0.4) is 0 Å². The number of hydrogen-bond donors (Lipinski definition) is 1. The minimum Gasteiger partial charge on any atom is -0.310 e. The summed E-state index contributed by atoms with van der Waals surface area (Å²) in [6.45, 7) is 5.04. The maximum Gasteiger partial charge on any atom is 0.140 e. The Labute approximate surface area is 111 Å². The molecular formula is C11H21IN4. The van der Waals surface area contributed by atoms with Crippen molar-refractivity contribution in [2.45, 2.75) is 45.7 Å². The standard InChI is InChI=1S/C11H21IN4/c1-2-8-16-11(14-10-15-16)9-13-7-5-3-4-6-12/h10,13H,2-9H2,1H3. The van der Waals surface area contributed by atoms with Gasteiger partial charge in [0.25, 0.3) is 0 Å². The second-order valence-electron chi connectivity index (χ2n) is 3.83. The topological polar surface area (TPSA) is 42.7 Å². The summed E-state index contributed by atoms with van der Waals surface area (Å²) in [6.07, 6.45) is 6.64. The zero-order chi connectivity index (χ0) is 11.6. The van der Waals surface area contributed by atoms with Crippen molar-refractivity contribution in [1.82, 2.24) is 20.1 Å². The summed E-state index contributed by atoms with van der Waals surface area (Å²) in [6, 6.07) is 0. The molecule has 0 radical (unpaired) electrons. The van der Waals surface area contributed by atoms with Crippen molar-refractivity contribution in [1.29, 1.82) is 0 Å². The van der Waals surface area contributed by atoms with Gasteiger partial charge in [0.15, 0.2) is 0 Å². The SMILES string of the molecule is CCCn1ncnc1CNCCCCCI. The van der Waals surface area contributed by atoms with Gasteiger partial charge in [-0.25, -0.2) is 9.67 Å². The predicted octanol–water partition coefficient (Wildman–Crippen LogP) is 2.38. The van der Waals surface area contributed by atoms with Crippen LogP contribution in [-0.4, -0.2) is 25.7 Å². The van der Waals surface area contributed by atoms with E-state index >= 15 is 0 Å². The van der Waals surface area contributed by atoms with E-state index in [2.05, 4.69) is 44.9 Å². The second kappa shape index (κ2) is 8.92. The summed E-state index contributed by atoms with van der Waals surface area (Å²) >= 11 is 2.43. The van der Waals surface area contributed by atoms with E-state index in [-0.39, 0.29) is 0 Å². The molecule has 0 amide bonds. The average molecular weight is 336 g/mol. The minimum atomic E-state index is 0.838. The highest BCUT2D eigenvalue weighted by atomic mass is 127. The van der Waals surface area contributed by atoms with Crippen LogP contribution < -0.4 is 5.32 Å². The molecule has 0 aliphatic carbocycles. The third-order valence-corrected chi connectivity index (χ3v) is 3.16. The van der Waals surface area contributed by atoms with Crippen LogP contribution in [0.1, 0.15) is 38.4 Å². The molecule has 0 fully saturated rings. The van der Waals surface area contributed by atoms with E-state index in [9.17, 15) is 0 Å². The van der Waals surface area contributed by atoms with Crippen LogP contribution in [-0.2, 0) is 13.1 Å². The monoisotopic (exact) mass is 336 g/mol. The van der Waals surface area contributed by atoms with Crippen molar-refractivity contribution in [3.05, 3.63) is 12.2 Å². The number of nitrogens with zero attached hydrogens (tertiary/aromatic N) is 3. The Kier molecular flexibility index (Phi) is 7.75. The zero-order valence-electron chi connectivity index (χ0n) is 9.95. The van der Waals surface area contributed by atoms with Crippen LogP contribution >= 0.6 is 22.6 Å². The summed E-state index contributed by atoms with van der Waals surface area (Å²) < 4.78 is 3.25. The number of unbranched alkanes of at least 4 members (excludes halogenated alkanes) is 2. The highest BCUT2D eigenvalue weighted by Gasteiger charge is 2.01. The minimum absolute atomic E-state index is 0.838. The highest BCUT2D eigenvalue weighted by Crippen LogP contribution is 1.99. The molecule has 0 spiro atoms. The molecule has 5 heteroatoms. The van der Waals surface area contributed by atoms with Gasteiger partial charge in [-0.2, -0.15) is 5.10 Å². The van der Waals surface area contributed by atoms with E-state index in [1.165, 1.54) is 23.7 Å². The Morgan fingerprint density at radius 2 is 2.25 bits per heavy atom. The van der Waals surface area contributed by atoms with Crippen LogP contribution in [0.4, 0.5) is 0 Å².